The number of carbonyl (C=O) groups excluding carboxylic acids is 2. The van der Waals surface area contributed by atoms with Crippen molar-refractivity contribution in [2.24, 2.45) is 0 Å². The summed E-state index contributed by atoms with van der Waals surface area (Å²) in [5.74, 6) is -0.892. The summed E-state index contributed by atoms with van der Waals surface area (Å²) in [6.45, 7) is 6.81. The summed E-state index contributed by atoms with van der Waals surface area (Å²) in [5.41, 5.74) is 3.37. The van der Waals surface area contributed by atoms with Gasteiger partial charge in [0.15, 0.2) is 6.61 Å². The van der Waals surface area contributed by atoms with Gasteiger partial charge in [0.05, 0.1) is 12.5 Å². The molecule has 1 aromatic heterocycles. The van der Waals surface area contributed by atoms with E-state index in [4.69, 9.17) is 9.47 Å². The maximum Gasteiger partial charge on any atom is 0.313 e. The van der Waals surface area contributed by atoms with Crippen LogP contribution in [0.25, 0.3) is 0 Å². The summed E-state index contributed by atoms with van der Waals surface area (Å²) in [6.07, 6.45) is 0.628. The number of benzene rings is 1. The van der Waals surface area contributed by atoms with Gasteiger partial charge < -0.3 is 14.0 Å². The topological polar surface area (TPSA) is 57.5 Å². The van der Waals surface area contributed by atoms with Crippen molar-refractivity contribution >= 4 is 11.8 Å². The second-order valence-electron chi connectivity index (χ2n) is 6.33. The maximum absolute atomic E-state index is 12.5. The smallest absolute Gasteiger partial charge is 0.313 e. The molecular weight excluding hydrogens is 330 g/mol. The highest BCUT2D eigenvalue weighted by Gasteiger charge is 2.22. The molecule has 0 aliphatic carbocycles. The van der Waals surface area contributed by atoms with Crippen LogP contribution in [-0.2, 0) is 20.8 Å². The first kappa shape index (κ1) is 19.9. The summed E-state index contributed by atoms with van der Waals surface area (Å²) in [5, 5.41) is 0. The van der Waals surface area contributed by atoms with E-state index in [1.807, 2.05) is 61.7 Å². The normalized spacial score (nSPS) is 12.0. The van der Waals surface area contributed by atoms with Gasteiger partial charge in [-0.2, -0.15) is 0 Å². The third-order valence-electron chi connectivity index (χ3n) is 4.63. The van der Waals surface area contributed by atoms with E-state index in [1.54, 1.807) is 7.11 Å². The molecule has 0 radical (unpaired) electrons. The molecule has 5 nitrogen and oxygen atoms in total. The standard InChI is InChI=1S/C21H27NO4/c1-5-18(17-9-7-6-8-10-17)21(24)26-14-20(23)19-13-15(2)22(16(19)3)11-12-25-4/h6-10,13,18H,5,11-12,14H2,1-4H3. The summed E-state index contributed by atoms with van der Waals surface area (Å²) in [6, 6.07) is 11.3. The summed E-state index contributed by atoms with van der Waals surface area (Å²) in [4.78, 5) is 24.9. The van der Waals surface area contributed by atoms with E-state index in [0.717, 1.165) is 17.0 Å². The highest BCUT2D eigenvalue weighted by atomic mass is 16.5. The van der Waals surface area contributed by atoms with Gasteiger partial charge in [0.1, 0.15) is 0 Å². The van der Waals surface area contributed by atoms with E-state index >= 15 is 0 Å². The number of carbonyl (C=O) groups is 2. The number of rotatable bonds is 9. The van der Waals surface area contributed by atoms with Crippen LogP contribution in [0.5, 0.6) is 0 Å². The van der Waals surface area contributed by atoms with Crippen molar-refractivity contribution in [1.82, 2.24) is 4.57 Å². The molecule has 0 fully saturated rings. The van der Waals surface area contributed by atoms with Gasteiger partial charge in [-0.25, -0.2) is 0 Å². The van der Waals surface area contributed by atoms with Crippen molar-refractivity contribution < 1.29 is 19.1 Å². The molecule has 0 aliphatic rings. The van der Waals surface area contributed by atoms with Crippen LogP contribution in [0.3, 0.4) is 0 Å². The van der Waals surface area contributed by atoms with Crippen LogP contribution in [0.15, 0.2) is 36.4 Å². The first-order valence-electron chi connectivity index (χ1n) is 8.90. The van der Waals surface area contributed by atoms with Gasteiger partial charge in [-0.05, 0) is 31.9 Å². The van der Waals surface area contributed by atoms with Gasteiger partial charge in [-0.15, -0.1) is 0 Å². The minimum Gasteiger partial charge on any atom is -0.457 e. The van der Waals surface area contributed by atoms with Crippen molar-refractivity contribution in [2.45, 2.75) is 39.7 Å². The third kappa shape index (κ3) is 4.61. The van der Waals surface area contributed by atoms with Crippen LogP contribution in [0.1, 0.15) is 46.6 Å². The van der Waals surface area contributed by atoms with E-state index in [-0.39, 0.29) is 24.3 Å². The van der Waals surface area contributed by atoms with Gasteiger partial charge in [-0.1, -0.05) is 37.3 Å². The monoisotopic (exact) mass is 357 g/mol. The summed E-state index contributed by atoms with van der Waals surface area (Å²) < 4.78 is 12.5. The van der Waals surface area contributed by atoms with Gasteiger partial charge in [0.2, 0.25) is 5.78 Å². The lowest BCUT2D eigenvalue weighted by atomic mass is 9.97. The summed E-state index contributed by atoms with van der Waals surface area (Å²) in [7, 11) is 1.65. The highest BCUT2D eigenvalue weighted by Crippen LogP contribution is 2.21. The first-order chi connectivity index (χ1) is 12.5. The lowest BCUT2D eigenvalue weighted by Crippen LogP contribution is -2.20. The Morgan fingerprint density at radius 3 is 2.46 bits per heavy atom. The zero-order valence-electron chi connectivity index (χ0n) is 16.0. The Morgan fingerprint density at radius 1 is 1.15 bits per heavy atom. The molecular formula is C21H27NO4. The van der Waals surface area contributed by atoms with Crippen molar-refractivity contribution in [1.29, 1.82) is 0 Å². The number of aromatic nitrogens is 1. The van der Waals surface area contributed by atoms with Gasteiger partial charge in [0, 0.05) is 30.6 Å². The second kappa shape index (κ2) is 9.34. The fourth-order valence-corrected chi connectivity index (χ4v) is 3.15. The fourth-order valence-electron chi connectivity index (χ4n) is 3.15. The van der Waals surface area contributed by atoms with E-state index < -0.39 is 0 Å². The largest absolute Gasteiger partial charge is 0.457 e. The van der Waals surface area contributed by atoms with Crippen LogP contribution >= 0.6 is 0 Å². The van der Waals surface area contributed by atoms with Crippen molar-refractivity contribution in [2.75, 3.05) is 20.3 Å². The number of hydrogen-bond donors (Lipinski definition) is 0. The third-order valence-corrected chi connectivity index (χ3v) is 4.63. The number of esters is 1. The molecule has 2 aromatic rings. The molecule has 5 heteroatoms. The first-order valence-corrected chi connectivity index (χ1v) is 8.90. The molecule has 1 aromatic carbocycles. The number of ether oxygens (including phenoxy) is 2. The van der Waals surface area contributed by atoms with Crippen LogP contribution in [0.4, 0.5) is 0 Å². The number of Topliss-reactive ketones (excluding diaryl/α,β-unsaturated/α-hetero) is 1. The molecule has 26 heavy (non-hydrogen) atoms. The van der Waals surface area contributed by atoms with Crippen LogP contribution in [0, 0.1) is 13.8 Å². The molecule has 0 spiro atoms. The molecule has 1 heterocycles. The Labute approximate surface area is 154 Å². The number of aryl methyl sites for hydroxylation is 1. The molecule has 0 saturated carbocycles. The second-order valence-corrected chi connectivity index (χ2v) is 6.33. The van der Waals surface area contributed by atoms with Gasteiger partial charge >= 0.3 is 5.97 Å². The van der Waals surface area contributed by atoms with Crippen molar-refractivity contribution in [3.05, 3.63) is 58.9 Å². The Kier molecular flexibility index (Phi) is 7.16. The Balaban J connectivity index is 2.03. The zero-order chi connectivity index (χ0) is 19.1. The lowest BCUT2D eigenvalue weighted by Gasteiger charge is -2.14. The Morgan fingerprint density at radius 2 is 1.85 bits per heavy atom. The van der Waals surface area contributed by atoms with E-state index in [2.05, 4.69) is 0 Å². The van der Waals surface area contributed by atoms with Gasteiger partial charge in [-0.3, -0.25) is 9.59 Å². The van der Waals surface area contributed by atoms with Crippen LogP contribution in [0.2, 0.25) is 0 Å². The van der Waals surface area contributed by atoms with Gasteiger partial charge in [0.25, 0.3) is 0 Å². The number of hydrogen-bond acceptors (Lipinski definition) is 4. The molecule has 0 N–H and O–H groups in total. The average Bonchev–Trinajstić information content (AvgIpc) is 2.93. The molecule has 0 saturated heterocycles. The quantitative estimate of drug-likeness (QED) is 0.507. The minimum atomic E-state index is -0.361. The molecule has 2 rings (SSSR count). The lowest BCUT2D eigenvalue weighted by molar-refractivity contribution is -0.144. The van der Waals surface area contributed by atoms with Crippen LogP contribution in [-0.4, -0.2) is 36.6 Å². The minimum absolute atomic E-state index is 0.182. The summed E-state index contributed by atoms with van der Waals surface area (Å²) >= 11 is 0. The van der Waals surface area contributed by atoms with Crippen molar-refractivity contribution in [3.63, 3.8) is 0 Å². The molecule has 0 amide bonds. The molecule has 1 atom stereocenters. The zero-order valence-corrected chi connectivity index (χ0v) is 16.0. The predicted octanol–water partition coefficient (Wildman–Crippen LogP) is 3.67. The van der Waals surface area contributed by atoms with E-state index in [9.17, 15) is 9.59 Å². The maximum atomic E-state index is 12.5. The van der Waals surface area contributed by atoms with Crippen LogP contribution < -0.4 is 0 Å². The molecule has 0 bridgehead atoms. The Bertz CT molecular complexity index is 749. The van der Waals surface area contributed by atoms with E-state index in [0.29, 0.717) is 25.1 Å². The molecule has 140 valence electrons. The number of ketones is 1. The van der Waals surface area contributed by atoms with E-state index in [1.165, 1.54) is 0 Å². The predicted molar refractivity (Wildman–Crippen MR) is 101 cm³/mol. The average molecular weight is 357 g/mol. The Hall–Kier alpha value is -2.40. The molecule has 0 aliphatic heterocycles. The number of nitrogens with zero attached hydrogens (tertiary/aromatic N) is 1. The van der Waals surface area contributed by atoms with Crippen molar-refractivity contribution in [3.8, 4) is 0 Å². The SMILES string of the molecule is CCC(C(=O)OCC(=O)c1cc(C)n(CCOC)c1C)c1ccccc1. The number of methoxy groups -OCH3 is 1. The fraction of sp³-hybridized carbons (Fsp3) is 0.429. The molecule has 1 unspecified atom stereocenters. The highest BCUT2D eigenvalue weighted by molar-refractivity contribution is 5.99.